The van der Waals surface area contributed by atoms with Crippen LogP contribution in [0.1, 0.15) is 24.3 Å². The van der Waals surface area contributed by atoms with Gasteiger partial charge in [-0.05, 0) is 36.9 Å². The molecule has 1 fully saturated rings. The number of rotatable bonds is 1. The number of aromatic amines is 1. The zero-order valence-corrected chi connectivity index (χ0v) is 8.66. The highest BCUT2D eigenvalue weighted by atomic mass is 14.9. The molecule has 2 aromatic heterocycles. The molecular weight excluding hydrogens is 186 g/mol. The summed E-state index contributed by atoms with van der Waals surface area (Å²) in [6.45, 7) is 2.27. The molecule has 1 aliphatic heterocycles. The van der Waals surface area contributed by atoms with Gasteiger partial charge >= 0.3 is 0 Å². The summed E-state index contributed by atoms with van der Waals surface area (Å²) in [5.41, 5.74) is 2.60. The number of nitrogens with zero attached hydrogens (tertiary/aromatic N) is 1. The maximum absolute atomic E-state index is 4.12. The van der Waals surface area contributed by atoms with E-state index in [-0.39, 0.29) is 0 Å². The summed E-state index contributed by atoms with van der Waals surface area (Å²) in [6.07, 6.45) is 8.49. The fraction of sp³-hybridized carbons (Fsp3) is 0.417. The van der Waals surface area contributed by atoms with Crippen molar-refractivity contribution in [1.82, 2.24) is 15.3 Å². The Morgan fingerprint density at radius 3 is 3.27 bits per heavy atom. The van der Waals surface area contributed by atoms with Crippen LogP contribution in [0.2, 0.25) is 0 Å². The molecule has 0 aromatic carbocycles. The van der Waals surface area contributed by atoms with E-state index < -0.39 is 0 Å². The third-order valence-electron chi connectivity index (χ3n) is 3.25. The Morgan fingerprint density at radius 1 is 1.40 bits per heavy atom. The molecule has 0 saturated carbocycles. The van der Waals surface area contributed by atoms with E-state index in [0.717, 1.165) is 12.1 Å². The summed E-state index contributed by atoms with van der Waals surface area (Å²) in [5, 5.41) is 4.79. The molecule has 0 radical (unpaired) electrons. The van der Waals surface area contributed by atoms with Gasteiger partial charge < -0.3 is 10.3 Å². The van der Waals surface area contributed by atoms with E-state index in [1.807, 2.05) is 12.4 Å². The van der Waals surface area contributed by atoms with E-state index in [1.165, 1.54) is 30.3 Å². The Labute approximate surface area is 88.9 Å². The number of fused-ring (bicyclic) bond motifs is 1. The first-order valence-electron chi connectivity index (χ1n) is 5.57. The number of nitrogens with one attached hydrogen (secondary N) is 2. The van der Waals surface area contributed by atoms with Crippen molar-refractivity contribution in [3.8, 4) is 0 Å². The maximum atomic E-state index is 4.12. The zero-order chi connectivity index (χ0) is 10.1. The minimum atomic E-state index is 0.662. The van der Waals surface area contributed by atoms with Crippen LogP contribution in [-0.2, 0) is 0 Å². The van der Waals surface area contributed by atoms with Crippen molar-refractivity contribution in [3.63, 3.8) is 0 Å². The SMILES string of the molecule is c1cc2c(C3CCCNC3)c[nH]c2cn1. The van der Waals surface area contributed by atoms with E-state index in [2.05, 4.69) is 27.5 Å². The molecule has 1 aliphatic rings. The second kappa shape index (κ2) is 3.66. The van der Waals surface area contributed by atoms with Gasteiger partial charge in [-0.1, -0.05) is 0 Å². The van der Waals surface area contributed by atoms with Crippen molar-refractivity contribution in [2.24, 2.45) is 0 Å². The van der Waals surface area contributed by atoms with Gasteiger partial charge in [0.1, 0.15) is 0 Å². The van der Waals surface area contributed by atoms with Crippen LogP contribution in [0.15, 0.2) is 24.7 Å². The third kappa shape index (κ3) is 1.53. The topological polar surface area (TPSA) is 40.7 Å². The van der Waals surface area contributed by atoms with Crippen LogP contribution >= 0.6 is 0 Å². The average molecular weight is 201 g/mol. The molecule has 78 valence electrons. The fourth-order valence-electron chi connectivity index (χ4n) is 2.45. The third-order valence-corrected chi connectivity index (χ3v) is 3.25. The molecular formula is C12H15N3. The van der Waals surface area contributed by atoms with Crippen LogP contribution in [0.5, 0.6) is 0 Å². The molecule has 1 atom stereocenters. The van der Waals surface area contributed by atoms with E-state index >= 15 is 0 Å². The normalized spacial score (nSPS) is 22.0. The van der Waals surface area contributed by atoms with Crippen LogP contribution in [0.25, 0.3) is 10.9 Å². The van der Waals surface area contributed by atoms with Crippen LogP contribution in [0.3, 0.4) is 0 Å². The van der Waals surface area contributed by atoms with Gasteiger partial charge in [-0.3, -0.25) is 4.98 Å². The molecule has 3 nitrogen and oxygen atoms in total. The molecule has 1 unspecified atom stereocenters. The molecule has 2 aromatic rings. The molecule has 2 N–H and O–H groups in total. The zero-order valence-electron chi connectivity index (χ0n) is 8.66. The molecule has 1 saturated heterocycles. The second-order valence-corrected chi connectivity index (χ2v) is 4.21. The Kier molecular flexibility index (Phi) is 2.18. The van der Waals surface area contributed by atoms with Crippen molar-refractivity contribution >= 4 is 10.9 Å². The van der Waals surface area contributed by atoms with Crippen LogP contribution in [0, 0.1) is 0 Å². The standard InChI is InChI=1S/C12H15N3/c1-2-9(6-13-4-1)11-7-15-12-8-14-5-3-10(11)12/h3,5,7-9,13,15H,1-2,4,6H2. The lowest BCUT2D eigenvalue weighted by molar-refractivity contribution is 0.463. The Bertz CT molecular complexity index is 455. The highest BCUT2D eigenvalue weighted by Crippen LogP contribution is 2.29. The summed E-state index contributed by atoms with van der Waals surface area (Å²) in [5.74, 6) is 0.662. The first kappa shape index (κ1) is 8.92. The van der Waals surface area contributed by atoms with Crippen LogP contribution in [-0.4, -0.2) is 23.1 Å². The highest BCUT2D eigenvalue weighted by Gasteiger charge is 2.17. The molecule has 3 heterocycles. The lowest BCUT2D eigenvalue weighted by atomic mass is 9.92. The largest absolute Gasteiger partial charge is 0.360 e. The fourth-order valence-corrected chi connectivity index (χ4v) is 2.45. The van der Waals surface area contributed by atoms with Crippen molar-refractivity contribution in [2.75, 3.05) is 13.1 Å². The minimum absolute atomic E-state index is 0.662. The summed E-state index contributed by atoms with van der Waals surface area (Å²) in [7, 11) is 0. The molecule has 0 spiro atoms. The number of pyridine rings is 1. The predicted molar refractivity (Wildman–Crippen MR) is 60.9 cm³/mol. The molecule has 15 heavy (non-hydrogen) atoms. The number of aromatic nitrogens is 2. The van der Waals surface area contributed by atoms with E-state index in [4.69, 9.17) is 0 Å². The summed E-state index contributed by atoms with van der Waals surface area (Å²) in [6, 6.07) is 2.11. The lowest BCUT2D eigenvalue weighted by Gasteiger charge is -2.22. The van der Waals surface area contributed by atoms with Gasteiger partial charge in [0.15, 0.2) is 0 Å². The Hall–Kier alpha value is -1.35. The van der Waals surface area contributed by atoms with Crippen molar-refractivity contribution in [2.45, 2.75) is 18.8 Å². The number of hydrogen-bond donors (Lipinski definition) is 2. The van der Waals surface area contributed by atoms with Gasteiger partial charge in [0, 0.05) is 24.3 Å². The Morgan fingerprint density at radius 2 is 2.40 bits per heavy atom. The second-order valence-electron chi connectivity index (χ2n) is 4.21. The quantitative estimate of drug-likeness (QED) is 0.741. The van der Waals surface area contributed by atoms with Crippen molar-refractivity contribution < 1.29 is 0 Å². The molecule has 3 heteroatoms. The smallest absolute Gasteiger partial charge is 0.0643 e. The number of piperidine rings is 1. The van der Waals surface area contributed by atoms with Crippen molar-refractivity contribution in [3.05, 3.63) is 30.2 Å². The summed E-state index contributed by atoms with van der Waals surface area (Å²) < 4.78 is 0. The molecule has 0 bridgehead atoms. The highest BCUT2D eigenvalue weighted by molar-refractivity contribution is 5.82. The molecule has 0 aliphatic carbocycles. The van der Waals surface area contributed by atoms with Crippen LogP contribution < -0.4 is 5.32 Å². The van der Waals surface area contributed by atoms with E-state index in [0.29, 0.717) is 5.92 Å². The first-order valence-corrected chi connectivity index (χ1v) is 5.57. The van der Waals surface area contributed by atoms with Gasteiger partial charge in [-0.2, -0.15) is 0 Å². The van der Waals surface area contributed by atoms with Crippen molar-refractivity contribution in [1.29, 1.82) is 0 Å². The predicted octanol–water partition coefficient (Wildman–Crippen LogP) is 2.03. The van der Waals surface area contributed by atoms with Crippen LogP contribution in [0.4, 0.5) is 0 Å². The number of hydrogen-bond acceptors (Lipinski definition) is 2. The summed E-state index contributed by atoms with van der Waals surface area (Å²) >= 11 is 0. The maximum Gasteiger partial charge on any atom is 0.0643 e. The van der Waals surface area contributed by atoms with E-state index in [1.54, 1.807) is 0 Å². The first-order chi connectivity index (χ1) is 7.45. The lowest BCUT2D eigenvalue weighted by Crippen LogP contribution is -2.28. The van der Waals surface area contributed by atoms with E-state index in [9.17, 15) is 0 Å². The van der Waals surface area contributed by atoms with Gasteiger partial charge in [0.2, 0.25) is 0 Å². The van der Waals surface area contributed by atoms with Gasteiger partial charge in [-0.15, -0.1) is 0 Å². The Balaban J connectivity index is 2.02. The van der Waals surface area contributed by atoms with Gasteiger partial charge in [-0.25, -0.2) is 0 Å². The average Bonchev–Trinajstić information content (AvgIpc) is 2.74. The monoisotopic (exact) mass is 201 g/mol. The van der Waals surface area contributed by atoms with Gasteiger partial charge in [0.25, 0.3) is 0 Å². The minimum Gasteiger partial charge on any atom is -0.360 e. The molecule has 0 amide bonds. The number of H-pyrrole nitrogens is 1. The van der Waals surface area contributed by atoms with Gasteiger partial charge in [0.05, 0.1) is 11.7 Å². The molecule has 3 rings (SSSR count). The summed E-state index contributed by atoms with van der Waals surface area (Å²) in [4.78, 5) is 7.42.